The zero-order chi connectivity index (χ0) is 25.9. The van der Waals surface area contributed by atoms with Crippen molar-refractivity contribution in [2.24, 2.45) is 0 Å². The molecule has 1 aliphatic rings. The fraction of sp³-hybridized carbons (Fsp3) is 0.273. The first-order chi connectivity index (χ1) is 17.9. The average molecular weight is 683 g/mol. The number of aryl methyl sites for hydroxylation is 1. The van der Waals surface area contributed by atoms with Crippen LogP contribution in [0.4, 0.5) is 0 Å². The SMILES string of the molecule is CC(=O)/C=C(/C)O.Cc1[c-]c(-c2ncc(C3CCCCC3)c3ccccc23)c2oc3ccccc3c2c1.[Ir]. The van der Waals surface area contributed by atoms with Gasteiger partial charge in [-0.1, -0.05) is 79.6 Å². The Morgan fingerprint density at radius 1 is 0.974 bits per heavy atom. The van der Waals surface area contributed by atoms with Crippen LogP contribution in [0, 0.1) is 13.0 Å². The number of benzene rings is 3. The van der Waals surface area contributed by atoms with Crippen molar-refractivity contribution in [2.75, 3.05) is 0 Å². The molecule has 1 saturated carbocycles. The molecule has 2 heterocycles. The number of allylic oxidation sites excluding steroid dienone is 2. The third kappa shape index (κ3) is 5.75. The second-order valence-electron chi connectivity index (χ2n) is 10.0. The summed E-state index contributed by atoms with van der Waals surface area (Å²) >= 11 is 0. The molecule has 0 amide bonds. The fourth-order valence-corrected chi connectivity index (χ4v) is 5.51. The van der Waals surface area contributed by atoms with Crippen molar-refractivity contribution >= 4 is 38.5 Å². The minimum absolute atomic E-state index is 0. The first kappa shape index (κ1) is 27.8. The third-order valence-corrected chi connectivity index (χ3v) is 7.06. The van der Waals surface area contributed by atoms with Crippen molar-refractivity contribution in [2.45, 2.75) is 58.8 Å². The second-order valence-corrected chi connectivity index (χ2v) is 10.0. The second kappa shape index (κ2) is 12.1. The van der Waals surface area contributed by atoms with Gasteiger partial charge in [-0.15, -0.1) is 17.7 Å². The maximum absolute atomic E-state index is 10.0. The number of fused-ring (bicyclic) bond motifs is 4. The van der Waals surface area contributed by atoms with E-state index in [0.29, 0.717) is 5.92 Å². The van der Waals surface area contributed by atoms with Gasteiger partial charge in [-0.3, -0.25) is 4.79 Å². The van der Waals surface area contributed by atoms with Crippen LogP contribution < -0.4 is 0 Å². The van der Waals surface area contributed by atoms with Crippen molar-refractivity contribution in [1.29, 1.82) is 0 Å². The Balaban J connectivity index is 0.000000375. The molecule has 5 aromatic rings. The van der Waals surface area contributed by atoms with E-state index in [1.54, 1.807) is 0 Å². The van der Waals surface area contributed by atoms with Crippen molar-refractivity contribution in [1.82, 2.24) is 4.98 Å². The van der Waals surface area contributed by atoms with Crippen LogP contribution in [-0.4, -0.2) is 15.9 Å². The van der Waals surface area contributed by atoms with E-state index in [-0.39, 0.29) is 31.6 Å². The molecule has 0 saturated heterocycles. The molecule has 1 fully saturated rings. The molecule has 2 aromatic heterocycles. The summed E-state index contributed by atoms with van der Waals surface area (Å²) in [6, 6.07) is 22.7. The van der Waals surface area contributed by atoms with E-state index in [4.69, 9.17) is 14.5 Å². The Hall–Kier alpha value is -3.27. The molecule has 4 nitrogen and oxygen atoms in total. The Bertz CT molecular complexity index is 1620. The zero-order valence-electron chi connectivity index (χ0n) is 22.0. The van der Waals surface area contributed by atoms with Crippen LogP contribution in [-0.2, 0) is 24.9 Å². The van der Waals surface area contributed by atoms with Gasteiger partial charge >= 0.3 is 0 Å². The molecule has 0 aliphatic heterocycles. The van der Waals surface area contributed by atoms with Crippen molar-refractivity contribution in [3.63, 3.8) is 0 Å². The zero-order valence-corrected chi connectivity index (χ0v) is 24.4. The number of nitrogens with zero attached hydrogens (tertiary/aromatic N) is 1. The first-order valence-corrected chi connectivity index (χ1v) is 13.0. The van der Waals surface area contributed by atoms with Gasteiger partial charge in [-0.05, 0) is 60.7 Å². The molecule has 1 aliphatic carbocycles. The number of ketones is 1. The molecule has 38 heavy (non-hydrogen) atoms. The summed E-state index contributed by atoms with van der Waals surface area (Å²) in [6.45, 7) is 4.95. The van der Waals surface area contributed by atoms with Crippen LogP contribution in [0.1, 0.15) is 63.0 Å². The molecular weight excluding hydrogens is 651 g/mol. The molecule has 0 unspecified atom stereocenters. The van der Waals surface area contributed by atoms with Crippen molar-refractivity contribution in [3.8, 4) is 11.3 Å². The van der Waals surface area contributed by atoms with Gasteiger partial charge < -0.3 is 14.5 Å². The van der Waals surface area contributed by atoms with E-state index in [1.807, 2.05) is 12.1 Å². The number of pyridine rings is 1. The predicted octanol–water partition coefficient (Wildman–Crippen LogP) is 8.99. The van der Waals surface area contributed by atoms with Gasteiger partial charge in [-0.2, -0.15) is 0 Å². The summed E-state index contributed by atoms with van der Waals surface area (Å²) in [5.41, 5.74) is 6.24. The fourth-order valence-electron chi connectivity index (χ4n) is 5.51. The summed E-state index contributed by atoms with van der Waals surface area (Å²) in [7, 11) is 0. The molecular formula is C33H32IrNO3-. The third-order valence-electron chi connectivity index (χ3n) is 7.06. The largest absolute Gasteiger partial charge is 0.512 e. The average Bonchev–Trinajstić information content (AvgIpc) is 3.26. The smallest absolute Gasteiger partial charge is 0.155 e. The van der Waals surface area contributed by atoms with Gasteiger partial charge in [0, 0.05) is 37.8 Å². The van der Waals surface area contributed by atoms with Gasteiger partial charge in [0.15, 0.2) is 5.78 Å². The molecule has 0 atom stereocenters. The topological polar surface area (TPSA) is 63.3 Å². The number of hydrogen-bond acceptors (Lipinski definition) is 4. The van der Waals surface area contributed by atoms with Crippen LogP contribution in [0.5, 0.6) is 0 Å². The van der Waals surface area contributed by atoms with E-state index in [1.165, 1.54) is 68.4 Å². The summed E-state index contributed by atoms with van der Waals surface area (Å²) < 4.78 is 6.32. The Labute approximate surface area is 237 Å². The van der Waals surface area contributed by atoms with Crippen LogP contribution >= 0.6 is 0 Å². The van der Waals surface area contributed by atoms with E-state index >= 15 is 0 Å². The molecule has 6 rings (SSSR count). The maximum Gasteiger partial charge on any atom is 0.155 e. The van der Waals surface area contributed by atoms with Crippen LogP contribution in [0.2, 0.25) is 0 Å². The predicted molar refractivity (Wildman–Crippen MR) is 151 cm³/mol. The van der Waals surface area contributed by atoms with Gasteiger partial charge in [0.2, 0.25) is 0 Å². The molecule has 1 N–H and O–H groups in total. The van der Waals surface area contributed by atoms with Crippen LogP contribution in [0.15, 0.2) is 77.0 Å². The molecule has 197 valence electrons. The van der Waals surface area contributed by atoms with Crippen molar-refractivity contribution < 1.29 is 34.4 Å². The van der Waals surface area contributed by atoms with E-state index in [2.05, 4.69) is 61.7 Å². The first-order valence-electron chi connectivity index (χ1n) is 13.0. The van der Waals surface area contributed by atoms with Gasteiger partial charge in [-0.25, -0.2) is 0 Å². The number of aromatic nitrogens is 1. The molecule has 5 heteroatoms. The van der Waals surface area contributed by atoms with E-state index < -0.39 is 0 Å². The summed E-state index contributed by atoms with van der Waals surface area (Å²) in [5.74, 6) is 0.561. The Morgan fingerprint density at radius 2 is 1.63 bits per heavy atom. The van der Waals surface area contributed by atoms with Crippen LogP contribution in [0.25, 0.3) is 44.0 Å². The summed E-state index contributed by atoms with van der Waals surface area (Å²) in [4.78, 5) is 15.0. The number of furan rings is 1. The maximum atomic E-state index is 10.0. The van der Waals surface area contributed by atoms with Crippen LogP contribution in [0.3, 0.4) is 0 Å². The monoisotopic (exact) mass is 683 g/mol. The molecule has 0 spiro atoms. The number of carbonyl (C=O) groups excluding carboxylic acids is 1. The molecule has 1 radical (unpaired) electrons. The minimum atomic E-state index is -0.125. The normalized spacial score (nSPS) is 14.2. The molecule has 3 aromatic carbocycles. The standard InChI is InChI=1S/C28H24NO.C5H8O2.Ir/c1-18-15-23-21-12-7-8-14-26(21)30-28(23)24(16-18)27-22-13-6-5-11-20(22)25(17-29-27)19-9-3-2-4-10-19;1-4(6)3-5(2)7;/h5-8,11-15,17,19H,2-4,9-10H2,1H3;3,6H,1-2H3;/q-1;;/b;4-3-;. The number of rotatable bonds is 3. The van der Waals surface area contributed by atoms with Gasteiger partial charge in [0.05, 0.1) is 11.3 Å². The minimum Gasteiger partial charge on any atom is -0.512 e. The molecule has 0 bridgehead atoms. The number of para-hydroxylation sites is 1. The number of hydrogen-bond donors (Lipinski definition) is 1. The Kier molecular flexibility index (Phi) is 8.81. The van der Waals surface area contributed by atoms with Crippen molar-refractivity contribution in [3.05, 3.63) is 89.8 Å². The van der Waals surface area contributed by atoms with E-state index in [0.717, 1.165) is 38.8 Å². The van der Waals surface area contributed by atoms with E-state index in [9.17, 15) is 4.79 Å². The number of aliphatic hydroxyl groups excluding tert-OH is 1. The summed E-state index contributed by atoms with van der Waals surface area (Å²) in [5, 5.41) is 13.2. The summed E-state index contributed by atoms with van der Waals surface area (Å²) in [6.07, 6.45) is 9.85. The van der Waals surface area contributed by atoms with Gasteiger partial charge in [0.1, 0.15) is 5.58 Å². The quantitative estimate of drug-likeness (QED) is 0.117. The number of carbonyl (C=O) groups is 1. The van der Waals surface area contributed by atoms with Gasteiger partial charge in [0.25, 0.3) is 0 Å². The Morgan fingerprint density at radius 3 is 2.29 bits per heavy atom. The number of aliphatic hydroxyl groups is 1.